The number of rotatable bonds is 5. The number of nitrogens with one attached hydrogen (secondary N) is 1. The largest absolute Gasteiger partial charge is 0.324 e. The van der Waals surface area contributed by atoms with Crippen molar-refractivity contribution in [1.82, 2.24) is 5.43 Å². The lowest BCUT2D eigenvalue weighted by molar-refractivity contribution is 0.992. The Morgan fingerprint density at radius 1 is 1.00 bits per heavy atom. The summed E-state index contributed by atoms with van der Waals surface area (Å²) in [5.41, 5.74) is 4.65. The minimum atomic E-state index is 0.890. The third-order valence-corrected chi connectivity index (χ3v) is 2.14. The maximum absolute atomic E-state index is 5.49. The summed E-state index contributed by atoms with van der Waals surface area (Å²) in [6.45, 7) is 1.99. The topological polar surface area (TPSA) is 38.0 Å². The molecule has 1 rings (SSSR count). The second kappa shape index (κ2) is 8.13. The predicted molar refractivity (Wildman–Crippen MR) is 74.8 cm³/mol. The van der Waals surface area contributed by atoms with Crippen LogP contribution in [0.2, 0.25) is 0 Å². The molecule has 2 nitrogen and oxygen atoms in total. The Morgan fingerprint density at radius 3 is 2.29 bits per heavy atom. The zero-order valence-corrected chi connectivity index (χ0v) is 10.0. The van der Waals surface area contributed by atoms with E-state index in [0.29, 0.717) is 0 Å². The van der Waals surface area contributed by atoms with Crippen LogP contribution in [0, 0.1) is 0 Å². The minimum Gasteiger partial charge on any atom is -0.324 e. The minimum absolute atomic E-state index is 0.890. The van der Waals surface area contributed by atoms with Crippen molar-refractivity contribution >= 4 is 5.70 Å². The predicted octanol–water partition coefficient (Wildman–Crippen LogP) is 3.18. The van der Waals surface area contributed by atoms with E-state index in [2.05, 4.69) is 5.43 Å². The second-order valence-corrected chi connectivity index (χ2v) is 3.39. The normalized spacial score (nSPS) is 12.9. The van der Waals surface area contributed by atoms with Gasteiger partial charge in [0.1, 0.15) is 0 Å². The lowest BCUT2D eigenvalue weighted by Gasteiger charge is -2.04. The van der Waals surface area contributed by atoms with E-state index in [1.807, 2.05) is 79.8 Å². The highest BCUT2D eigenvalue weighted by Gasteiger charge is 1.94. The third-order valence-electron chi connectivity index (χ3n) is 2.14. The summed E-state index contributed by atoms with van der Waals surface area (Å²) in [6.07, 6.45) is 13.8. The molecule has 3 N–H and O–H groups in total. The molecular formula is C15H18N2. The van der Waals surface area contributed by atoms with E-state index in [0.717, 1.165) is 11.3 Å². The molecule has 0 atom stereocenters. The molecule has 0 bridgehead atoms. The summed E-state index contributed by atoms with van der Waals surface area (Å²) < 4.78 is 0. The van der Waals surface area contributed by atoms with Gasteiger partial charge < -0.3 is 5.43 Å². The Hall–Kier alpha value is -2.06. The average Bonchev–Trinajstić information content (AvgIpc) is 2.39. The van der Waals surface area contributed by atoms with Gasteiger partial charge in [0.25, 0.3) is 0 Å². The Balaban J connectivity index is 2.68. The monoisotopic (exact) mass is 226 g/mol. The van der Waals surface area contributed by atoms with Crippen LogP contribution in [0.15, 0.2) is 72.9 Å². The van der Waals surface area contributed by atoms with Gasteiger partial charge in [0.15, 0.2) is 0 Å². The quantitative estimate of drug-likeness (QED) is 0.460. The highest BCUT2D eigenvalue weighted by molar-refractivity contribution is 5.64. The van der Waals surface area contributed by atoms with Crippen LogP contribution in [-0.4, -0.2) is 0 Å². The van der Waals surface area contributed by atoms with Crippen LogP contribution in [0.1, 0.15) is 12.5 Å². The first-order valence-corrected chi connectivity index (χ1v) is 5.57. The van der Waals surface area contributed by atoms with E-state index in [-0.39, 0.29) is 0 Å². The molecule has 0 spiro atoms. The first-order valence-electron chi connectivity index (χ1n) is 5.57. The van der Waals surface area contributed by atoms with Crippen molar-refractivity contribution in [3.05, 3.63) is 78.4 Å². The van der Waals surface area contributed by atoms with Gasteiger partial charge in [-0.15, -0.1) is 0 Å². The molecule has 0 fully saturated rings. The molecule has 2 heteroatoms. The van der Waals surface area contributed by atoms with E-state index in [4.69, 9.17) is 5.84 Å². The summed E-state index contributed by atoms with van der Waals surface area (Å²) in [6, 6.07) is 9.96. The van der Waals surface area contributed by atoms with Gasteiger partial charge in [-0.1, -0.05) is 66.8 Å². The molecule has 0 saturated carbocycles. The summed E-state index contributed by atoms with van der Waals surface area (Å²) in [5.74, 6) is 5.49. The Labute approximate surface area is 103 Å². The van der Waals surface area contributed by atoms with Crippen molar-refractivity contribution in [2.45, 2.75) is 6.92 Å². The lowest BCUT2D eigenvalue weighted by Crippen LogP contribution is -2.19. The van der Waals surface area contributed by atoms with E-state index >= 15 is 0 Å². The fourth-order valence-electron chi connectivity index (χ4n) is 1.30. The van der Waals surface area contributed by atoms with Crippen molar-refractivity contribution in [2.75, 3.05) is 0 Å². The number of hydrogen-bond acceptors (Lipinski definition) is 2. The van der Waals surface area contributed by atoms with Gasteiger partial charge in [-0.2, -0.15) is 0 Å². The number of hydrazine groups is 1. The van der Waals surface area contributed by atoms with Crippen molar-refractivity contribution in [3.8, 4) is 0 Å². The van der Waals surface area contributed by atoms with Gasteiger partial charge in [0.2, 0.25) is 0 Å². The lowest BCUT2D eigenvalue weighted by atomic mass is 10.1. The zero-order chi connectivity index (χ0) is 12.3. The molecule has 0 unspecified atom stereocenters. The third kappa shape index (κ3) is 5.00. The highest BCUT2D eigenvalue weighted by atomic mass is 15.2. The van der Waals surface area contributed by atoms with Gasteiger partial charge in [0.05, 0.1) is 5.70 Å². The summed E-state index contributed by atoms with van der Waals surface area (Å²) >= 11 is 0. The highest BCUT2D eigenvalue weighted by Crippen LogP contribution is 2.09. The maximum Gasteiger partial charge on any atom is 0.0557 e. The number of allylic oxidation sites excluding steroid dienone is 7. The van der Waals surface area contributed by atoms with Crippen LogP contribution < -0.4 is 11.3 Å². The molecule has 17 heavy (non-hydrogen) atoms. The van der Waals surface area contributed by atoms with Gasteiger partial charge in [-0.25, -0.2) is 0 Å². The maximum atomic E-state index is 5.49. The molecule has 1 aromatic rings. The zero-order valence-electron chi connectivity index (χ0n) is 10.0. The van der Waals surface area contributed by atoms with Crippen LogP contribution in [0.5, 0.6) is 0 Å². The fraction of sp³-hybridized carbons (Fsp3) is 0.0667. The number of benzene rings is 1. The van der Waals surface area contributed by atoms with Crippen LogP contribution in [-0.2, 0) is 0 Å². The Morgan fingerprint density at radius 2 is 1.65 bits per heavy atom. The van der Waals surface area contributed by atoms with E-state index in [1.54, 1.807) is 0 Å². The Bertz CT molecular complexity index is 425. The van der Waals surface area contributed by atoms with Crippen LogP contribution in [0.25, 0.3) is 5.70 Å². The van der Waals surface area contributed by atoms with Crippen molar-refractivity contribution in [3.63, 3.8) is 0 Å². The molecule has 0 aliphatic rings. The molecule has 0 amide bonds. The summed E-state index contributed by atoms with van der Waals surface area (Å²) in [4.78, 5) is 0. The van der Waals surface area contributed by atoms with Gasteiger partial charge in [-0.3, -0.25) is 5.84 Å². The fourth-order valence-corrected chi connectivity index (χ4v) is 1.30. The molecule has 0 radical (unpaired) electrons. The molecule has 0 heterocycles. The van der Waals surface area contributed by atoms with Crippen molar-refractivity contribution in [1.29, 1.82) is 0 Å². The van der Waals surface area contributed by atoms with E-state index in [1.165, 1.54) is 0 Å². The second-order valence-electron chi connectivity index (χ2n) is 3.39. The van der Waals surface area contributed by atoms with E-state index in [9.17, 15) is 0 Å². The SMILES string of the molecule is C/C=C/C=C\C=C/C=C(\NN)c1ccccc1. The number of hydrogen-bond donors (Lipinski definition) is 2. The van der Waals surface area contributed by atoms with Gasteiger partial charge in [0, 0.05) is 0 Å². The van der Waals surface area contributed by atoms with Crippen LogP contribution in [0.4, 0.5) is 0 Å². The average molecular weight is 226 g/mol. The van der Waals surface area contributed by atoms with Gasteiger partial charge in [-0.05, 0) is 18.6 Å². The Kier molecular flexibility index (Phi) is 6.22. The molecular weight excluding hydrogens is 208 g/mol. The van der Waals surface area contributed by atoms with E-state index < -0.39 is 0 Å². The van der Waals surface area contributed by atoms with Crippen LogP contribution >= 0.6 is 0 Å². The summed E-state index contributed by atoms with van der Waals surface area (Å²) in [5, 5.41) is 0. The van der Waals surface area contributed by atoms with Gasteiger partial charge >= 0.3 is 0 Å². The smallest absolute Gasteiger partial charge is 0.0557 e. The molecule has 88 valence electrons. The molecule has 0 saturated heterocycles. The molecule has 0 aliphatic heterocycles. The van der Waals surface area contributed by atoms with Crippen molar-refractivity contribution < 1.29 is 0 Å². The number of nitrogens with two attached hydrogens (primary N) is 1. The summed E-state index contributed by atoms with van der Waals surface area (Å²) in [7, 11) is 0. The van der Waals surface area contributed by atoms with Crippen LogP contribution in [0.3, 0.4) is 0 Å². The molecule has 1 aromatic carbocycles. The first kappa shape index (κ1) is 13.0. The molecule has 0 aromatic heterocycles. The standard InChI is InChI=1S/C15H18N2/c1-2-3-4-5-6-10-13-15(17-16)14-11-8-7-9-12-14/h2-13,17H,16H2,1H3/b3-2+,5-4-,10-6-,15-13-. The first-order chi connectivity index (χ1) is 8.38. The molecule has 0 aliphatic carbocycles. The van der Waals surface area contributed by atoms with Crippen molar-refractivity contribution in [2.24, 2.45) is 5.84 Å².